The van der Waals surface area contributed by atoms with Crippen molar-refractivity contribution in [3.8, 4) is 0 Å². The summed E-state index contributed by atoms with van der Waals surface area (Å²) in [5.74, 6) is 0.431. The van der Waals surface area contributed by atoms with Gasteiger partial charge in [-0.25, -0.2) is 4.98 Å². The molecule has 0 aliphatic carbocycles. The van der Waals surface area contributed by atoms with Crippen LogP contribution in [0.1, 0.15) is 32.3 Å². The van der Waals surface area contributed by atoms with Crippen LogP contribution in [0.2, 0.25) is 0 Å². The maximum atomic E-state index is 12.4. The minimum Gasteiger partial charge on any atom is -0.365 e. The minimum atomic E-state index is -4.35. The SMILES string of the molecule is CCC(C)(CCN)Nc1ccc(C(F)(F)F)cn1. The van der Waals surface area contributed by atoms with E-state index in [0.29, 0.717) is 12.4 Å². The third-order valence-corrected chi connectivity index (χ3v) is 3.00. The Labute approximate surface area is 105 Å². The van der Waals surface area contributed by atoms with E-state index in [1.165, 1.54) is 6.07 Å². The van der Waals surface area contributed by atoms with Gasteiger partial charge < -0.3 is 11.1 Å². The van der Waals surface area contributed by atoms with E-state index in [1.807, 2.05) is 13.8 Å². The summed E-state index contributed by atoms with van der Waals surface area (Å²) in [6.07, 6.45) is -1.98. The summed E-state index contributed by atoms with van der Waals surface area (Å²) >= 11 is 0. The summed E-state index contributed by atoms with van der Waals surface area (Å²) in [6, 6.07) is 2.36. The zero-order valence-corrected chi connectivity index (χ0v) is 10.5. The summed E-state index contributed by atoms with van der Waals surface area (Å²) in [5.41, 5.74) is 4.52. The molecule has 1 aromatic heterocycles. The number of nitrogens with one attached hydrogen (secondary N) is 1. The van der Waals surface area contributed by atoms with E-state index in [4.69, 9.17) is 5.73 Å². The van der Waals surface area contributed by atoms with Gasteiger partial charge in [0.2, 0.25) is 0 Å². The number of aromatic nitrogens is 1. The highest BCUT2D eigenvalue weighted by Gasteiger charge is 2.31. The molecule has 0 aliphatic rings. The van der Waals surface area contributed by atoms with Crippen molar-refractivity contribution in [1.29, 1.82) is 0 Å². The van der Waals surface area contributed by atoms with E-state index in [-0.39, 0.29) is 5.54 Å². The summed E-state index contributed by atoms with van der Waals surface area (Å²) < 4.78 is 37.1. The highest BCUT2D eigenvalue weighted by Crippen LogP contribution is 2.29. The molecule has 3 nitrogen and oxygen atoms in total. The topological polar surface area (TPSA) is 50.9 Å². The van der Waals surface area contributed by atoms with Gasteiger partial charge in [0.1, 0.15) is 5.82 Å². The molecule has 1 aromatic rings. The molecule has 1 unspecified atom stereocenters. The molecular weight excluding hydrogens is 243 g/mol. The highest BCUT2D eigenvalue weighted by molar-refractivity contribution is 5.39. The maximum absolute atomic E-state index is 12.4. The van der Waals surface area contributed by atoms with Gasteiger partial charge >= 0.3 is 6.18 Å². The molecule has 6 heteroatoms. The van der Waals surface area contributed by atoms with Gasteiger partial charge in [-0.05, 0) is 38.4 Å². The Balaban J connectivity index is 2.80. The molecule has 18 heavy (non-hydrogen) atoms. The second-order valence-electron chi connectivity index (χ2n) is 4.51. The minimum absolute atomic E-state index is 0.249. The van der Waals surface area contributed by atoms with E-state index in [0.717, 1.165) is 25.1 Å². The Morgan fingerprint density at radius 3 is 2.39 bits per heavy atom. The number of pyridine rings is 1. The predicted octanol–water partition coefficient (Wildman–Crippen LogP) is 3.03. The summed E-state index contributed by atoms with van der Waals surface area (Å²) in [5, 5.41) is 3.13. The molecule has 0 amide bonds. The van der Waals surface area contributed by atoms with Crippen molar-refractivity contribution in [2.24, 2.45) is 5.73 Å². The molecule has 0 saturated carbocycles. The normalized spacial score (nSPS) is 15.2. The standard InChI is InChI=1S/C12H18F3N3/c1-3-11(2,6-7-16)18-10-5-4-9(8-17-10)12(13,14)15/h4-5,8H,3,6-7,16H2,1-2H3,(H,17,18). The molecule has 0 spiro atoms. The Bertz CT molecular complexity index is 375. The lowest BCUT2D eigenvalue weighted by molar-refractivity contribution is -0.137. The van der Waals surface area contributed by atoms with Gasteiger partial charge in [-0.2, -0.15) is 13.2 Å². The van der Waals surface area contributed by atoms with Crippen molar-refractivity contribution in [3.05, 3.63) is 23.9 Å². The number of alkyl halides is 3. The molecule has 1 rings (SSSR count). The van der Waals surface area contributed by atoms with Gasteiger partial charge in [0.25, 0.3) is 0 Å². The fourth-order valence-corrected chi connectivity index (χ4v) is 1.59. The van der Waals surface area contributed by atoms with Crippen molar-refractivity contribution in [3.63, 3.8) is 0 Å². The Morgan fingerprint density at radius 2 is 2.00 bits per heavy atom. The monoisotopic (exact) mass is 261 g/mol. The molecular formula is C12H18F3N3. The maximum Gasteiger partial charge on any atom is 0.417 e. The zero-order valence-electron chi connectivity index (χ0n) is 10.5. The molecule has 0 aromatic carbocycles. The molecule has 1 heterocycles. The van der Waals surface area contributed by atoms with Crippen molar-refractivity contribution in [2.45, 2.75) is 38.4 Å². The Morgan fingerprint density at radius 1 is 1.33 bits per heavy atom. The van der Waals surface area contributed by atoms with Crippen LogP contribution in [0.5, 0.6) is 0 Å². The predicted molar refractivity (Wildman–Crippen MR) is 65.2 cm³/mol. The van der Waals surface area contributed by atoms with Crippen LogP contribution in [0.4, 0.5) is 19.0 Å². The van der Waals surface area contributed by atoms with E-state index in [1.54, 1.807) is 0 Å². The molecule has 1 atom stereocenters. The first-order valence-corrected chi connectivity index (χ1v) is 5.82. The second kappa shape index (κ2) is 5.56. The van der Waals surface area contributed by atoms with Crippen LogP contribution in [0.15, 0.2) is 18.3 Å². The number of halogens is 3. The Hall–Kier alpha value is -1.30. The summed E-state index contributed by atoms with van der Waals surface area (Å²) in [4.78, 5) is 3.79. The second-order valence-corrected chi connectivity index (χ2v) is 4.51. The van der Waals surface area contributed by atoms with Gasteiger partial charge in [0.15, 0.2) is 0 Å². The first kappa shape index (κ1) is 14.8. The lowest BCUT2D eigenvalue weighted by Gasteiger charge is -2.29. The van der Waals surface area contributed by atoms with Crippen LogP contribution in [-0.4, -0.2) is 17.1 Å². The van der Waals surface area contributed by atoms with Crippen molar-refractivity contribution in [1.82, 2.24) is 4.98 Å². The first-order valence-electron chi connectivity index (χ1n) is 5.82. The van der Waals surface area contributed by atoms with E-state index in [9.17, 15) is 13.2 Å². The molecule has 0 aliphatic heterocycles. The quantitative estimate of drug-likeness (QED) is 0.856. The van der Waals surface area contributed by atoms with Gasteiger partial charge in [0.05, 0.1) is 5.56 Å². The number of anilines is 1. The molecule has 0 bridgehead atoms. The highest BCUT2D eigenvalue weighted by atomic mass is 19.4. The summed E-state index contributed by atoms with van der Waals surface area (Å²) in [7, 11) is 0. The van der Waals surface area contributed by atoms with Crippen LogP contribution in [0, 0.1) is 0 Å². The van der Waals surface area contributed by atoms with E-state index >= 15 is 0 Å². The van der Waals surface area contributed by atoms with Gasteiger partial charge in [0, 0.05) is 11.7 Å². The zero-order chi connectivity index (χ0) is 13.8. The third-order valence-electron chi connectivity index (χ3n) is 3.00. The number of hydrogen-bond acceptors (Lipinski definition) is 3. The average Bonchev–Trinajstić information content (AvgIpc) is 2.29. The fourth-order valence-electron chi connectivity index (χ4n) is 1.59. The molecule has 0 fully saturated rings. The molecule has 0 saturated heterocycles. The molecule has 3 N–H and O–H groups in total. The van der Waals surface area contributed by atoms with Crippen LogP contribution < -0.4 is 11.1 Å². The number of hydrogen-bond donors (Lipinski definition) is 2. The van der Waals surface area contributed by atoms with Crippen LogP contribution in [0.3, 0.4) is 0 Å². The third kappa shape index (κ3) is 3.87. The van der Waals surface area contributed by atoms with Crippen LogP contribution in [0.25, 0.3) is 0 Å². The Kier molecular flexibility index (Phi) is 4.56. The largest absolute Gasteiger partial charge is 0.417 e. The van der Waals surface area contributed by atoms with Crippen molar-refractivity contribution < 1.29 is 13.2 Å². The van der Waals surface area contributed by atoms with Crippen LogP contribution >= 0.6 is 0 Å². The number of nitrogens with zero attached hydrogens (tertiary/aromatic N) is 1. The van der Waals surface area contributed by atoms with Gasteiger partial charge in [-0.15, -0.1) is 0 Å². The smallest absolute Gasteiger partial charge is 0.365 e. The van der Waals surface area contributed by atoms with Crippen molar-refractivity contribution >= 4 is 5.82 Å². The van der Waals surface area contributed by atoms with Crippen molar-refractivity contribution in [2.75, 3.05) is 11.9 Å². The summed E-state index contributed by atoms with van der Waals surface area (Å²) in [6.45, 7) is 4.48. The van der Waals surface area contributed by atoms with Gasteiger partial charge in [-0.1, -0.05) is 6.92 Å². The lowest BCUT2D eigenvalue weighted by atomic mass is 9.94. The lowest BCUT2D eigenvalue weighted by Crippen LogP contribution is -2.36. The average molecular weight is 261 g/mol. The molecule has 0 radical (unpaired) electrons. The van der Waals surface area contributed by atoms with E-state index in [2.05, 4.69) is 10.3 Å². The number of nitrogens with two attached hydrogens (primary N) is 1. The molecule has 102 valence electrons. The first-order chi connectivity index (χ1) is 8.30. The van der Waals surface area contributed by atoms with Crippen LogP contribution in [-0.2, 0) is 6.18 Å². The van der Waals surface area contributed by atoms with Gasteiger partial charge in [-0.3, -0.25) is 0 Å². The number of rotatable bonds is 5. The fraction of sp³-hybridized carbons (Fsp3) is 0.583. The van der Waals surface area contributed by atoms with E-state index < -0.39 is 11.7 Å².